The molecule has 1 aliphatic rings. The molecule has 1 aliphatic heterocycles. The summed E-state index contributed by atoms with van der Waals surface area (Å²) in [6.07, 6.45) is 3.89. The highest BCUT2D eigenvalue weighted by molar-refractivity contribution is 5.44. The Bertz CT molecular complexity index is 738. The quantitative estimate of drug-likeness (QED) is 0.920. The maximum absolute atomic E-state index is 9.01. The fourth-order valence-corrected chi connectivity index (χ4v) is 2.82. The summed E-state index contributed by atoms with van der Waals surface area (Å²) in [7, 11) is 3.92. The second kappa shape index (κ2) is 7.13. The number of nitrogens with one attached hydrogen (secondary N) is 1. The van der Waals surface area contributed by atoms with Gasteiger partial charge < -0.3 is 15.1 Å². The Morgan fingerprint density at radius 2 is 2.17 bits per heavy atom. The Morgan fingerprint density at radius 3 is 2.96 bits per heavy atom. The SMILES string of the molecule is CN(C)c1ccnc(NC2CCCN(c3cccc(C#N)n3)C2)n1. The van der Waals surface area contributed by atoms with E-state index in [0.717, 1.165) is 37.6 Å². The summed E-state index contributed by atoms with van der Waals surface area (Å²) in [4.78, 5) is 17.4. The summed E-state index contributed by atoms with van der Waals surface area (Å²) < 4.78 is 0. The van der Waals surface area contributed by atoms with Gasteiger partial charge in [-0.1, -0.05) is 6.07 Å². The van der Waals surface area contributed by atoms with Crippen LogP contribution >= 0.6 is 0 Å². The first-order valence-corrected chi connectivity index (χ1v) is 8.05. The molecule has 1 N–H and O–H groups in total. The van der Waals surface area contributed by atoms with Crippen molar-refractivity contribution in [2.75, 3.05) is 42.3 Å². The predicted molar refractivity (Wildman–Crippen MR) is 94.2 cm³/mol. The van der Waals surface area contributed by atoms with Gasteiger partial charge in [0.05, 0.1) is 0 Å². The Hall–Kier alpha value is -2.88. The molecule has 0 spiro atoms. The van der Waals surface area contributed by atoms with Gasteiger partial charge in [-0.05, 0) is 31.0 Å². The van der Waals surface area contributed by atoms with Crippen molar-refractivity contribution in [1.82, 2.24) is 15.0 Å². The van der Waals surface area contributed by atoms with E-state index >= 15 is 0 Å². The highest BCUT2D eigenvalue weighted by Gasteiger charge is 2.21. The number of rotatable bonds is 4. The molecule has 3 heterocycles. The number of hydrogen-bond donors (Lipinski definition) is 1. The highest BCUT2D eigenvalue weighted by Crippen LogP contribution is 2.20. The van der Waals surface area contributed by atoms with E-state index in [1.165, 1.54) is 0 Å². The summed E-state index contributed by atoms with van der Waals surface area (Å²) in [6.45, 7) is 1.76. The molecule has 0 aliphatic carbocycles. The third kappa shape index (κ3) is 3.71. The first-order chi connectivity index (χ1) is 11.7. The number of pyridine rings is 1. The molecule has 3 rings (SSSR count). The summed E-state index contributed by atoms with van der Waals surface area (Å²) in [6, 6.07) is 9.79. The minimum Gasteiger partial charge on any atom is -0.363 e. The van der Waals surface area contributed by atoms with Crippen LogP contribution in [0.5, 0.6) is 0 Å². The fourth-order valence-electron chi connectivity index (χ4n) is 2.82. The second-order valence-electron chi connectivity index (χ2n) is 6.06. The van der Waals surface area contributed by atoms with Gasteiger partial charge in [-0.15, -0.1) is 0 Å². The molecular formula is C17H21N7. The lowest BCUT2D eigenvalue weighted by atomic mass is 10.1. The van der Waals surface area contributed by atoms with E-state index in [4.69, 9.17) is 5.26 Å². The smallest absolute Gasteiger partial charge is 0.224 e. The minimum absolute atomic E-state index is 0.253. The number of piperidine rings is 1. The number of anilines is 3. The third-order valence-electron chi connectivity index (χ3n) is 4.03. The van der Waals surface area contributed by atoms with Crippen molar-refractivity contribution in [1.29, 1.82) is 5.26 Å². The van der Waals surface area contributed by atoms with Gasteiger partial charge in [0.25, 0.3) is 0 Å². The van der Waals surface area contributed by atoms with Crippen LogP contribution in [0.25, 0.3) is 0 Å². The van der Waals surface area contributed by atoms with Crippen LogP contribution in [-0.4, -0.2) is 48.2 Å². The van der Waals surface area contributed by atoms with Crippen LogP contribution < -0.4 is 15.1 Å². The number of hydrogen-bond acceptors (Lipinski definition) is 7. The molecule has 0 bridgehead atoms. The Kier molecular flexibility index (Phi) is 4.75. The first kappa shape index (κ1) is 16.0. The molecule has 1 fully saturated rings. The zero-order valence-corrected chi connectivity index (χ0v) is 14.0. The van der Waals surface area contributed by atoms with Crippen LogP contribution in [0.15, 0.2) is 30.5 Å². The van der Waals surface area contributed by atoms with E-state index in [-0.39, 0.29) is 6.04 Å². The van der Waals surface area contributed by atoms with Crippen molar-refractivity contribution in [3.05, 3.63) is 36.2 Å². The van der Waals surface area contributed by atoms with Gasteiger partial charge in [-0.25, -0.2) is 9.97 Å². The minimum atomic E-state index is 0.253. The molecule has 124 valence electrons. The maximum Gasteiger partial charge on any atom is 0.224 e. The maximum atomic E-state index is 9.01. The van der Waals surface area contributed by atoms with E-state index in [1.54, 1.807) is 12.3 Å². The topological polar surface area (TPSA) is 81.0 Å². The van der Waals surface area contributed by atoms with Crippen LogP contribution in [0.1, 0.15) is 18.5 Å². The Labute approximate surface area is 142 Å². The number of nitriles is 1. The van der Waals surface area contributed by atoms with Gasteiger partial charge >= 0.3 is 0 Å². The monoisotopic (exact) mass is 323 g/mol. The molecule has 24 heavy (non-hydrogen) atoms. The first-order valence-electron chi connectivity index (χ1n) is 8.05. The molecule has 2 aromatic heterocycles. The largest absolute Gasteiger partial charge is 0.363 e. The van der Waals surface area contributed by atoms with Crippen LogP contribution in [0.4, 0.5) is 17.6 Å². The van der Waals surface area contributed by atoms with E-state index in [9.17, 15) is 0 Å². The number of aromatic nitrogens is 3. The van der Waals surface area contributed by atoms with E-state index in [2.05, 4.69) is 31.2 Å². The fraction of sp³-hybridized carbons (Fsp3) is 0.412. The van der Waals surface area contributed by atoms with Crippen LogP contribution in [0.3, 0.4) is 0 Å². The molecule has 7 heteroatoms. The zero-order valence-electron chi connectivity index (χ0n) is 14.0. The summed E-state index contributed by atoms with van der Waals surface area (Å²) >= 11 is 0. The van der Waals surface area contributed by atoms with Gasteiger partial charge in [0.15, 0.2) is 0 Å². The predicted octanol–water partition coefficient (Wildman–Crippen LogP) is 1.89. The lowest BCUT2D eigenvalue weighted by molar-refractivity contribution is 0.524. The van der Waals surface area contributed by atoms with Crippen molar-refractivity contribution < 1.29 is 0 Å². The summed E-state index contributed by atoms with van der Waals surface area (Å²) in [5.41, 5.74) is 0.449. The van der Waals surface area contributed by atoms with E-state index in [0.29, 0.717) is 11.6 Å². The normalized spacial score (nSPS) is 17.2. The molecule has 1 unspecified atom stereocenters. The second-order valence-corrected chi connectivity index (χ2v) is 6.06. The summed E-state index contributed by atoms with van der Waals surface area (Å²) in [5.74, 6) is 2.37. The molecular weight excluding hydrogens is 302 g/mol. The lowest BCUT2D eigenvalue weighted by Gasteiger charge is -2.34. The molecule has 1 atom stereocenters. The van der Waals surface area contributed by atoms with Gasteiger partial charge in [0.1, 0.15) is 23.4 Å². The van der Waals surface area contributed by atoms with Crippen LogP contribution in [0.2, 0.25) is 0 Å². The number of nitrogens with zero attached hydrogens (tertiary/aromatic N) is 6. The Morgan fingerprint density at radius 1 is 1.29 bits per heavy atom. The molecule has 1 saturated heterocycles. The van der Waals surface area contributed by atoms with Crippen molar-refractivity contribution >= 4 is 17.6 Å². The van der Waals surface area contributed by atoms with E-state index < -0.39 is 0 Å². The van der Waals surface area contributed by atoms with Gasteiger partial charge in [0, 0.05) is 39.4 Å². The van der Waals surface area contributed by atoms with Gasteiger partial charge in [-0.3, -0.25) is 0 Å². The Balaban J connectivity index is 1.69. The van der Waals surface area contributed by atoms with Crippen LogP contribution in [0, 0.1) is 11.3 Å². The van der Waals surface area contributed by atoms with Crippen molar-refractivity contribution in [3.63, 3.8) is 0 Å². The molecule has 0 amide bonds. The van der Waals surface area contributed by atoms with Crippen molar-refractivity contribution in [2.24, 2.45) is 0 Å². The molecule has 2 aromatic rings. The van der Waals surface area contributed by atoms with E-state index in [1.807, 2.05) is 37.2 Å². The van der Waals surface area contributed by atoms with Gasteiger partial charge in [0.2, 0.25) is 5.95 Å². The molecule has 7 nitrogen and oxygen atoms in total. The third-order valence-corrected chi connectivity index (χ3v) is 4.03. The highest BCUT2D eigenvalue weighted by atomic mass is 15.2. The zero-order chi connectivity index (χ0) is 16.9. The standard InChI is InChI=1S/C17H21N7/c1-23(2)15-8-9-19-17(22-15)21-14-6-4-10-24(12-14)16-7-3-5-13(11-18)20-16/h3,5,7-9,14H,4,6,10,12H2,1-2H3,(H,19,21,22). The molecule has 0 radical (unpaired) electrons. The summed E-state index contributed by atoms with van der Waals surface area (Å²) in [5, 5.41) is 12.4. The molecule has 0 saturated carbocycles. The van der Waals surface area contributed by atoms with Crippen LogP contribution in [-0.2, 0) is 0 Å². The average molecular weight is 323 g/mol. The average Bonchev–Trinajstić information content (AvgIpc) is 2.62. The lowest BCUT2D eigenvalue weighted by Crippen LogP contribution is -2.42. The van der Waals surface area contributed by atoms with Crippen molar-refractivity contribution in [3.8, 4) is 6.07 Å². The van der Waals surface area contributed by atoms with Gasteiger partial charge in [-0.2, -0.15) is 10.2 Å². The van der Waals surface area contributed by atoms with Crippen molar-refractivity contribution in [2.45, 2.75) is 18.9 Å². The molecule has 0 aromatic carbocycles.